The van der Waals surface area contributed by atoms with Gasteiger partial charge in [-0.05, 0) is 24.6 Å². The van der Waals surface area contributed by atoms with Crippen LogP contribution in [0.4, 0.5) is 11.4 Å². The summed E-state index contributed by atoms with van der Waals surface area (Å²) in [5, 5.41) is 9.52. The fourth-order valence-corrected chi connectivity index (χ4v) is 2.63. The number of carbonyl (C=O) groups excluding carboxylic acids is 1. The molecule has 1 aliphatic heterocycles. The van der Waals surface area contributed by atoms with Gasteiger partial charge in [0.05, 0.1) is 11.4 Å². The number of carboxylic acid groups (broad SMARTS) is 1. The van der Waals surface area contributed by atoms with E-state index < -0.39 is 5.97 Å². The highest BCUT2D eigenvalue weighted by Crippen LogP contribution is 2.37. The van der Waals surface area contributed by atoms with E-state index in [4.69, 9.17) is 16.7 Å². The van der Waals surface area contributed by atoms with Gasteiger partial charge in [-0.1, -0.05) is 11.6 Å². The number of aryl methyl sites for hydroxylation is 1. The number of hydrogen-bond acceptors (Lipinski definition) is 3. The molecule has 19 heavy (non-hydrogen) atoms. The molecule has 0 spiro atoms. The van der Waals surface area contributed by atoms with Crippen LogP contribution in [0, 0.1) is 6.92 Å². The molecule has 1 aromatic rings. The molecule has 0 unspecified atom stereocenters. The number of halogens is 1. The number of hydrogen-bond donors (Lipinski definition) is 1. The third kappa shape index (κ3) is 2.66. The minimum Gasteiger partial charge on any atom is -0.480 e. The van der Waals surface area contributed by atoms with Gasteiger partial charge >= 0.3 is 5.97 Å². The van der Waals surface area contributed by atoms with E-state index in [2.05, 4.69) is 0 Å². The van der Waals surface area contributed by atoms with E-state index in [-0.39, 0.29) is 18.9 Å². The van der Waals surface area contributed by atoms with E-state index in [1.807, 2.05) is 6.92 Å². The number of fused-ring (bicyclic) bond motifs is 1. The zero-order chi connectivity index (χ0) is 14.2. The van der Waals surface area contributed by atoms with Crippen LogP contribution < -0.4 is 9.80 Å². The molecule has 6 heteroatoms. The first-order valence-corrected chi connectivity index (χ1v) is 6.31. The quantitative estimate of drug-likeness (QED) is 0.900. The molecule has 1 aromatic carbocycles. The monoisotopic (exact) mass is 282 g/mol. The molecule has 0 radical (unpaired) electrons. The lowest BCUT2D eigenvalue weighted by Crippen LogP contribution is -2.30. The lowest BCUT2D eigenvalue weighted by atomic mass is 10.1. The maximum absolute atomic E-state index is 12.0. The summed E-state index contributed by atoms with van der Waals surface area (Å²) in [6.07, 6.45) is 0.287. The first-order chi connectivity index (χ1) is 8.90. The number of carbonyl (C=O) groups is 2. The summed E-state index contributed by atoms with van der Waals surface area (Å²) in [4.78, 5) is 26.2. The molecule has 0 aliphatic carbocycles. The number of benzene rings is 1. The van der Waals surface area contributed by atoms with E-state index in [0.29, 0.717) is 17.3 Å². The molecule has 102 valence electrons. The molecule has 0 atom stereocenters. The smallest absolute Gasteiger partial charge is 0.323 e. The Labute approximate surface area is 116 Å². The average Bonchev–Trinajstić information content (AvgIpc) is 2.41. The number of carboxylic acids is 1. The van der Waals surface area contributed by atoms with Crippen LogP contribution in [0.15, 0.2) is 12.1 Å². The number of rotatable bonds is 2. The molecule has 0 bridgehead atoms. The Morgan fingerprint density at radius 1 is 1.47 bits per heavy atom. The Hall–Kier alpha value is -1.75. The highest BCUT2D eigenvalue weighted by molar-refractivity contribution is 6.31. The van der Waals surface area contributed by atoms with Gasteiger partial charge in [-0.25, -0.2) is 0 Å². The van der Waals surface area contributed by atoms with E-state index in [1.165, 1.54) is 0 Å². The number of nitrogens with zero attached hydrogens (tertiary/aromatic N) is 2. The summed E-state index contributed by atoms with van der Waals surface area (Å²) in [6.45, 7) is 2.09. The van der Waals surface area contributed by atoms with Gasteiger partial charge < -0.3 is 14.9 Å². The number of aliphatic carboxylic acids is 1. The Morgan fingerprint density at radius 3 is 2.79 bits per heavy atom. The Kier molecular flexibility index (Phi) is 3.66. The minimum atomic E-state index is -0.930. The van der Waals surface area contributed by atoms with Crippen molar-refractivity contribution in [2.45, 2.75) is 13.3 Å². The summed E-state index contributed by atoms with van der Waals surface area (Å²) in [7, 11) is 1.70. The van der Waals surface area contributed by atoms with Crippen LogP contribution in [0.5, 0.6) is 0 Å². The van der Waals surface area contributed by atoms with Gasteiger partial charge in [-0.15, -0.1) is 0 Å². The zero-order valence-corrected chi connectivity index (χ0v) is 11.6. The molecule has 0 saturated carbocycles. The zero-order valence-electron chi connectivity index (χ0n) is 10.8. The van der Waals surface area contributed by atoms with Crippen molar-refractivity contribution >= 4 is 34.9 Å². The SMILES string of the molecule is Cc1cc(Cl)cc2c1N(C)C(=O)CCN2CC(=O)O. The molecule has 1 N–H and O–H groups in total. The highest BCUT2D eigenvalue weighted by atomic mass is 35.5. The number of anilines is 2. The van der Waals surface area contributed by atoms with Crippen molar-refractivity contribution in [1.29, 1.82) is 0 Å². The van der Waals surface area contributed by atoms with Crippen LogP contribution in [-0.4, -0.2) is 37.1 Å². The van der Waals surface area contributed by atoms with Crippen molar-refractivity contribution in [3.05, 3.63) is 22.7 Å². The van der Waals surface area contributed by atoms with Crippen LogP contribution in [0.25, 0.3) is 0 Å². The van der Waals surface area contributed by atoms with Crippen LogP contribution in [-0.2, 0) is 9.59 Å². The van der Waals surface area contributed by atoms with E-state index in [9.17, 15) is 9.59 Å². The van der Waals surface area contributed by atoms with Crippen molar-refractivity contribution in [1.82, 2.24) is 0 Å². The molecule has 1 aliphatic rings. The lowest BCUT2D eigenvalue weighted by molar-refractivity contribution is -0.135. The van der Waals surface area contributed by atoms with E-state index >= 15 is 0 Å². The van der Waals surface area contributed by atoms with Crippen molar-refractivity contribution in [3.8, 4) is 0 Å². The van der Waals surface area contributed by atoms with Gasteiger partial charge in [0, 0.05) is 25.0 Å². The highest BCUT2D eigenvalue weighted by Gasteiger charge is 2.26. The van der Waals surface area contributed by atoms with Crippen LogP contribution in [0.1, 0.15) is 12.0 Å². The van der Waals surface area contributed by atoms with Crippen molar-refractivity contribution < 1.29 is 14.7 Å². The summed E-state index contributed by atoms with van der Waals surface area (Å²) < 4.78 is 0. The van der Waals surface area contributed by atoms with Gasteiger partial charge in [-0.3, -0.25) is 9.59 Å². The fourth-order valence-electron chi connectivity index (χ4n) is 2.37. The Morgan fingerprint density at radius 2 is 2.16 bits per heavy atom. The first-order valence-electron chi connectivity index (χ1n) is 5.93. The predicted octanol–water partition coefficient (Wildman–Crippen LogP) is 1.91. The maximum Gasteiger partial charge on any atom is 0.323 e. The average molecular weight is 283 g/mol. The molecule has 1 heterocycles. The lowest BCUT2D eigenvalue weighted by Gasteiger charge is -2.25. The third-order valence-corrected chi connectivity index (χ3v) is 3.44. The van der Waals surface area contributed by atoms with Crippen LogP contribution >= 0.6 is 11.6 Å². The van der Waals surface area contributed by atoms with Crippen molar-refractivity contribution in [2.24, 2.45) is 0 Å². The topological polar surface area (TPSA) is 60.9 Å². The second-order valence-electron chi connectivity index (χ2n) is 4.61. The fraction of sp³-hybridized carbons (Fsp3) is 0.385. The molecule has 0 saturated heterocycles. The number of amides is 1. The summed E-state index contributed by atoms with van der Waals surface area (Å²) in [5.74, 6) is -0.958. The summed E-state index contributed by atoms with van der Waals surface area (Å²) in [6, 6.07) is 3.48. The van der Waals surface area contributed by atoms with Crippen molar-refractivity contribution in [3.63, 3.8) is 0 Å². The van der Waals surface area contributed by atoms with Crippen LogP contribution in [0.2, 0.25) is 5.02 Å². The second kappa shape index (κ2) is 5.09. The van der Waals surface area contributed by atoms with Gasteiger partial charge in [0.25, 0.3) is 0 Å². The second-order valence-corrected chi connectivity index (χ2v) is 5.04. The van der Waals surface area contributed by atoms with E-state index in [1.54, 1.807) is 29.0 Å². The molecule has 5 nitrogen and oxygen atoms in total. The first kappa shape index (κ1) is 13.7. The Balaban J connectivity index is 2.57. The molecule has 2 rings (SSSR count). The third-order valence-electron chi connectivity index (χ3n) is 3.22. The molecular weight excluding hydrogens is 268 g/mol. The molecular formula is C13H15ClN2O3. The largest absolute Gasteiger partial charge is 0.480 e. The Bertz CT molecular complexity index is 545. The molecule has 0 aromatic heterocycles. The van der Waals surface area contributed by atoms with Gasteiger partial charge in [-0.2, -0.15) is 0 Å². The molecule has 1 amide bonds. The van der Waals surface area contributed by atoms with Crippen molar-refractivity contribution in [2.75, 3.05) is 29.9 Å². The summed E-state index contributed by atoms with van der Waals surface area (Å²) >= 11 is 6.04. The van der Waals surface area contributed by atoms with Gasteiger partial charge in [0.1, 0.15) is 6.54 Å². The maximum atomic E-state index is 12.0. The van der Waals surface area contributed by atoms with E-state index in [0.717, 1.165) is 11.3 Å². The summed E-state index contributed by atoms with van der Waals surface area (Å²) in [5.41, 5.74) is 2.28. The van der Waals surface area contributed by atoms with Crippen LogP contribution in [0.3, 0.4) is 0 Å². The predicted molar refractivity (Wildman–Crippen MR) is 74.1 cm³/mol. The molecule has 0 fully saturated rings. The van der Waals surface area contributed by atoms with Gasteiger partial charge in [0.15, 0.2) is 0 Å². The van der Waals surface area contributed by atoms with Gasteiger partial charge in [0.2, 0.25) is 5.91 Å². The standard InChI is InChI=1S/C13H15ClN2O3/c1-8-5-9(14)6-10-13(8)15(2)11(17)3-4-16(10)7-12(18)19/h5-6H,3-4,7H2,1-2H3,(H,18,19). The minimum absolute atomic E-state index is 0.0282. The normalized spacial score (nSPS) is 15.2.